The number of amides is 1. The van der Waals surface area contributed by atoms with Crippen LogP contribution in [0.4, 0.5) is 11.4 Å². The number of benzene rings is 2. The fourth-order valence-corrected chi connectivity index (χ4v) is 2.54. The van der Waals surface area contributed by atoms with E-state index in [9.17, 15) is 19.7 Å². The molecule has 0 unspecified atom stereocenters. The Morgan fingerprint density at radius 3 is 2.48 bits per heavy atom. The Hall–Kier alpha value is -3.52. The summed E-state index contributed by atoms with van der Waals surface area (Å²) in [5.74, 6) is -0.460. The summed E-state index contributed by atoms with van der Waals surface area (Å²) in [5, 5.41) is 17.9. The molecule has 0 atom stereocenters. The Bertz CT molecular complexity index is 1060. The Labute approximate surface area is 158 Å². The first-order chi connectivity index (χ1) is 12.9. The van der Waals surface area contributed by atoms with Gasteiger partial charge in [0, 0.05) is 23.8 Å². The highest BCUT2D eigenvalue weighted by molar-refractivity contribution is 6.33. The van der Waals surface area contributed by atoms with E-state index >= 15 is 0 Å². The Morgan fingerprint density at radius 2 is 1.81 bits per heavy atom. The molecule has 0 aliphatic heterocycles. The molecule has 27 heavy (non-hydrogen) atoms. The summed E-state index contributed by atoms with van der Waals surface area (Å²) >= 11 is 6.00. The molecule has 0 saturated carbocycles. The van der Waals surface area contributed by atoms with Crippen LogP contribution in [0.15, 0.2) is 65.5 Å². The van der Waals surface area contributed by atoms with E-state index in [1.165, 1.54) is 36.4 Å². The minimum atomic E-state index is -0.503. The summed E-state index contributed by atoms with van der Waals surface area (Å²) in [6.07, 6.45) is 0. The number of halogens is 1. The summed E-state index contributed by atoms with van der Waals surface area (Å²) in [4.78, 5) is 34.4. The van der Waals surface area contributed by atoms with Crippen molar-refractivity contribution in [1.29, 1.82) is 0 Å². The van der Waals surface area contributed by atoms with E-state index < -0.39 is 16.4 Å². The lowest BCUT2D eigenvalue weighted by Crippen LogP contribution is -2.29. The van der Waals surface area contributed by atoms with E-state index in [4.69, 9.17) is 11.6 Å². The number of nitro groups is 1. The zero-order chi connectivity index (χ0) is 19.4. The van der Waals surface area contributed by atoms with Crippen LogP contribution in [-0.2, 0) is 11.3 Å². The molecule has 3 aromatic rings. The van der Waals surface area contributed by atoms with Gasteiger partial charge in [0.2, 0.25) is 5.91 Å². The fourth-order valence-electron chi connectivity index (χ4n) is 2.36. The molecule has 0 radical (unpaired) electrons. The zero-order valence-electron chi connectivity index (χ0n) is 13.8. The molecular formula is C18H13ClN4O4. The van der Waals surface area contributed by atoms with Crippen LogP contribution in [0.3, 0.4) is 0 Å². The van der Waals surface area contributed by atoms with Crippen molar-refractivity contribution in [3.05, 3.63) is 86.2 Å². The van der Waals surface area contributed by atoms with E-state index in [0.29, 0.717) is 22.0 Å². The molecule has 3 rings (SSSR count). The van der Waals surface area contributed by atoms with Crippen molar-refractivity contribution in [2.45, 2.75) is 6.54 Å². The van der Waals surface area contributed by atoms with Crippen LogP contribution in [0.1, 0.15) is 0 Å². The van der Waals surface area contributed by atoms with Crippen LogP contribution < -0.4 is 10.9 Å². The van der Waals surface area contributed by atoms with E-state index in [-0.39, 0.29) is 12.2 Å². The topological polar surface area (TPSA) is 107 Å². The second-order valence-corrected chi connectivity index (χ2v) is 5.95. The van der Waals surface area contributed by atoms with Crippen LogP contribution in [-0.4, -0.2) is 20.6 Å². The minimum absolute atomic E-state index is 0.0498. The Balaban J connectivity index is 1.81. The molecule has 1 heterocycles. The number of carbonyl (C=O) groups excluding carboxylic acids is 1. The zero-order valence-corrected chi connectivity index (χ0v) is 14.6. The Morgan fingerprint density at radius 1 is 1.11 bits per heavy atom. The maximum Gasteiger partial charge on any atom is 0.269 e. The van der Waals surface area contributed by atoms with Crippen LogP contribution in [0.5, 0.6) is 0 Å². The van der Waals surface area contributed by atoms with Crippen LogP contribution in [0.25, 0.3) is 11.3 Å². The average molecular weight is 385 g/mol. The average Bonchev–Trinajstić information content (AvgIpc) is 2.65. The highest BCUT2D eigenvalue weighted by atomic mass is 35.5. The summed E-state index contributed by atoms with van der Waals surface area (Å²) in [5.41, 5.74) is 0.931. The smallest absolute Gasteiger partial charge is 0.269 e. The molecule has 9 heteroatoms. The lowest BCUT2D eigenvalue weighted by molar-refractivity contribution is -0.384. The number of non-ortho nitro benzene ring substituents is 1. The third kappa shape index (κ3) is 4.36. The summed E-state index contributed by atoms with van der Waals surface area (Å²) < 4.78 is 1.02. The van der Waals surface area contributed by atoms with Gasteiger partial charge in [0.05, 0.1) is 21.3 Å². The lowest BCUT2D eigenvalue weighted by atomic mass is 10.1. The predicted octanol–water partition coefficient (Wildman–Crippen LogP) is 3.11. The molecule has 0 aliphatic carbocycles. The van der Waals surface area contributed by atoms with Gasteiger partial charge in [-0.2, -0.15) is 5.10 Å². The van der Waals surface area contributed by atoms with Crippen molar-refractivity contribution in [2.24, 2.45) is 0 Å². The molecule has 2 aromatic carbocycles. The first kappa shape index (κ1) is 18.3. The maximum atomic E-state index is 12.2. The van der Waals surface area contributed by atoms with E-state index in [1.807, 2.05) is 0 Å². The number of para-hydroxylation sites is 1. The molecule has 136 valence electrons. The largest absolute Gasteiger partial charge is 0.323 e. The molecule has 0 bridgehead atoms. The van der Waals surface area contributed by atoms with Gasteiger partial charge in [0.1, 0.15) is 6.54 Å². The van der Waals surface area contributed by atoms with Crippen molar-refractivity contribution in [2.75, 3.05) is 5.32 Å². The molecule has 8 nitrogen and oxygen atoms in total. The number of nitrogens with one attached hydrogen (secondary N) is 1. The number of rotatable bonds is 5. The quantitative estimate of drug-likeness (QED) is 0.537. The lowest BCUT2D eigenvalue weighted by Gasteiger charge is -2.09. The summed E-state index contributed by atoms with van der Waals surface area (Å²) in [7, 11) is 0. The first-order valence-electron chi connectivity index (χ1n) is 7.81. The summed E-state index contributed by atoms with van der Waals surface area (Å²) in [6, 6.07) is 15.3. The monoisotopic (exact) mass is 384 g/mol. The first-order valence-corrected chi connectivity index (χ1v) is 8.19. The van der Waals surface area contributed by atoms with Gasteiger partial charge in [-0.3, -0.25) is 19.7 Å². The fraction of sp³-hybridized carbons (Fsp3) is 0.0556. The van der Waals surface area contributed by atoms with E-state index in [2.05, 4.69) is 10.4 Å². The second-order valence-electron chi connectivity index (χ2n) is 5.55. The SMILES string of the molecule is O=C(Cn1nc(-c2ccc([N+](=O)[O-])cc2)ccc1=O)Nc1ccccc1Cl. The molecular weight excluding hydrogens is 372 g/mol. The Kier molecular flexibility index (Phi) is 5.28. The third-order valence-corrected chi connectivity index (χ3v) is 4.01. The van der Waals surface area contributed by atoms with Crippen LogP contribution >= 0.6 is 11.6 Å². The molecule has 0 saturated heterocycles. The van der Waals surface area contributed by atoms with Gasteiger partial charge in [0.15, 0.2) is 0 Å². The van der Waals surface area contributed by atoms with E-state index in [0.717, 1.165) is 4.68 Å². The standard InChI is InChI=1S/C18H13ClN4O4/c19-14-3-1-2-4-16(14)20-17(24)11-22-18(25)10-9-15(21-22)12-5-7-13(8-6-12)23(26)27/h1-10H,11H2,(H,20,24). The van der Waals surface area contributed by atoms with Gasteiger partial charge in [-0.15, -0.1) is 0 Å². The molecule has 0 spiro atoms. The van der Waals surface area contributed by atoms with Gasteiger partial charge >= 0.3 is 0 Å². The molecule has 0 fully saturated rings. The number of hydrogen-bond acceptors (Lipinski definition) is 5. The van der Waals surface area contributed by atoms with Gasteiger partial charge in [-0.05, 0) is 30.3 Å². The highest BCUT2D eigenvalue weighted by Crippen LogP contribution is 2.21. The summed E-state index contributed by atoms with van der Waals surface area (Å²) in [6.45, 7) is -0.301. The maximum absolute atomic E-state index is 12.2. The van der Waals surface area contributed by atoms with Gasteiger partial charge in [-0.1, -0.05) is 23.7 Å². The second kappa shape index (κ2) is 7.79. The number of nitro benzene ring substituents is 1. The molecule has 1 amide bonds. The number of nitrogens with zero attached hydrogens (tertiary/aromatic N) is 3. The highest BCUT2D eigenvalue weighted by Gasteiger charge is 2.11. The van der Waals surface area contributed by atoms with Gasteiger partial charge < -0.3 is 5.32 Å². The number of hydrogen-bond donors (Lipinski definition) is 1. The molecule has 0 aliphatic rings. The van der Waals surface area contributed by atoms with Crippen molar-refractivity contribution in [3.63, 3.8) is 0 Å². The number of aromatic nitrogens is 2. The van der Waals surface area contributed by atoms with Crippen molar-refractivity contribution in [3.8, 4) is 11.3 Å². The third-order valence-electron chi connectivity index (χ3n) is 3.68. The number of carbonyl (C=O) groups is 1. The van der Waals surface area contributed by atoms with Crippen molar-refractivity contribution >= 4 is 28.9 Å². The van der Waals surface area contributed by atoms with Crippen molar-refractivity contribution in [1.82, 2.24) is 9.78 Å². The van der Waals surface area contributed by atoms with Crippen LogP contribution in [0, 0.1) is 10.1 Å². The van der Waals surface area contributed by atoms with E-state index in [1.54, 1.807) is 24.3 Å². The van der Waals surface area contributed by atoms with Crippen LogP contribution in [0.2, 0.25) is 5.02 Å². The number of anilines is 1. The minimum Gasteiger partial charge on any atom is -0.323 e. The normalized spacial score (nSPS) is 10.4. The van der Waals surface area contributed by atoms with Crippen molar-refractivity contribution < 1.29 is 9.72 Å². The molecule has 1 N–H and O–H groups in total. The van der Waals surface area contributed by atoms with Gasteiger partial charge in [0.25, 0.3) is 11.2 Å². The van der Waals surface area contributed by atoms with Gasteiger partial charge in [-0.25, -0.2) is 4.68 Å². The molecule has 1 aromatic heterocycles. The predicted molar refractivity (Wildman–Crippen MR) is 101 cm³/mol.